The van der Waals surface area contributed by atoms with E-state index < -0.39 is 0 Å². The van der Waals surface area contributed by atoms with E-state index in [0.29, 0.717) is 5.82 Å². The number of rotatable bonds is 4. The highest BCUT2D eigenvalue weighted by Gasteiger charge is 2.07. The molecule has 102 valence electrons. The van der Waals surface area contributed by atoms with Crippen LogP contribution < -0.4 is 5.56 Å². The van der Waals surface area contributed by atoms with E-state index in [-0.39, 0.29) is 5.56 Å². The molecular formula is C14H15N5O. The number of hydrogen-bond donors (Lipinski definition) is 2. The van der Waals surface area contributed by atoms with Crippen LogP contribution >= 0.6 is 0 Å². The van der Waals surface area contributed by atoms with E-state index in [4.69, 9.17) is 0 Å². The molecule has 0 aliphatic heterocycles. The highest BCUT2D eigenvalue weighted by molar-refractivity contribution is 5.85. The summed E-state index contributed by atoms with van der Waals surface area (Å²) in [7, 11) is 0. The molecule has 0 spiro atoms. The van der Waals surface area contributed by atoms with Gasteiger partial charge in [0.15, 0.2) is 0 Å². The van der Waals surface area contributed by atoms with Gasteiger partial charge in [0.1, 0.15) is 0 Å². The molecule has 2 N–H and O–H groups in total. The van der Waals surface area contributed by atoms with E-state index in [9.17, 15) is 4.79 Å². The van der Waals surface area contributed by atoms with Crippen molar-refractivity contribution in [2.24, 2.45) is 0 Å². The molecule has 0 aliphatic carbocycles. The highest BCUT2D eigenvalue weighted by atomic mass is 16.1. The maximum Gasteiger partial charge on any atom is 0.248 e. The topological polar surface area (TPSA) is 87.3 Å². The fourth-order valence-corrected chi connectivity index (χ4v) is 2.33. The van der Waals surface area contributed by atoms with Gasteiger partial charge in [0.05, 0.1) is 0 Å². The Bertz CT molecular complexity index is 776. The van der Waals surface area contributed by atoms with Crippen molar-refractivity contribution in [3.05, 3.63) is 40.2 Å². The van der Waals surface area contributed by atoms with Crippen LogP contribution in [0, 0.1) is 0 Å². The van der Waals surface area contributed by atoms with Crippen molar-refractivity contribution >= 4 is 10.9 Å². The maximum atomic E-state index is 11.8. The Morgan fingerprint density at radius 3 is 2.90 bits per heavy atom. The summed E-state index contributed by atoms with van der Waals surface area (Å²) in [6, 6.07) is 7.52. The van der Waals surface area contributed by atoms with E-state index in [1.807, 2.05) is 18.2 Å². The lowest BCUT2D eigenvalue weighted by Gasteiger charge is -2.06. The summed E-state index contributed by atoms with van der Waals surface area (Å²) in [5, 5.41) is 14.9. The molecule has 6 nitrogen and oxygen atoms in total. The van der Waals surface area contributed by atoms with Crippen LogP contribution in [-0.2, 0) is 6.42 Å². The van der Waals surface area contributed by atoms with Gasteiger partial charge in [-0.3, -0.25) is 4.79 Å². The summed E-state index contributed by atoms with van der Waals surface area (Å²) in [4.78, 5) is 14.6. The molecule has 0 saturated heterocycles. The molecule has 2 heterocycles. The Hall–Kier alpha value is -2.50. The van der Waals surface area contributed by atoms with Crippen molar-refractivity contribution in [1.29, 1.82) is 0 Å². The number of H-pyrrole nitrogens is 2. The lowest BCUT2D eigenvalue weighted by atomic mass is 10.0. The van der Waals surface area contributed by atoms with E-state index in [1.165, 1.54) is 0 Å². The molecule has 2 aromatic heterocycles. The number of hydrogen-bond acceptors (Lipinski definition) is 4. The number of nitrogens with one attached hydrogen (secondary N) is 2. The van der Waals surface area contributed by atoms with Crippen LogP contribution in [0.3, 0.4) is 0 Å². The van der Waals surface area contributed by atoms with Crippen LogP contribution in [0.4, 0.5) is 0 Å². The van der Waals surface area contributed by atoms with Crippen molar-refractivity contribution in [3.63, 3.8) is 0 Å². The summed E-state index contributed by atoms with van der Waals surface area (Å²) < 4.78 is 0. The van der Waals surface area contributed by atoms with Crippen LogP contribution in [0.15, 0.2) is 29.1 Å². The van der Waals surface area contributed by atoms with Crippen LogP contribution in [0.1, 0.15) is 25.3 Å². The Morgan fingerprint density at radius 2 is 2.15 bits per heavy atom. The summed E-state index contributed by atoms with van der Waals surface area (Å²) in [5.74, 6) is 0.520. The summed E-state index contributed by atoms with van der Waals surface area (Å²) in [6.07, 6.45) is 3.10. The smallest absolute Gasteiger partial charge is 0.248 e. The van der Waals surface area contributed by atoms with Crippen molar-refractivity contribution in [3.8, 4) is 11.4 Å². The van der Waals surface area contributed by atoms with Gasteiger partial charge in [-0.1, -0.05) is 25.5 Å². The Labute approximate surface area is 115 Å². The van der Waals surface area contributed by atoms with Gasteiger partial charge in [0, 0.05) is 22.5 Å². The lowest BCUT2D eigenvalue weighted by molar-refractivity contribution is 0.797. The van der Waals surface area contributed by atoms with Crippen LogP contribution in [0.25, 0.3) is 22.3 Å². The molecule has 6 heteroatoms. The normalized spacial score (nSPS) is 11.1. The second-order valence-corrected chi connectivity index (χ2v) is 4.76. The first-order valence-corrected chi connectivity index (χ1v) is 6.67. The molecular weight excluding hydrogens is 254 g/mol. The molecule has 0 radical (unpaired) electrons. The largest absolute Gasteiger partial charge is 0.322 e. The predicted octanol–water partition coefficient (Wildman–Crippen LogP) is 2.05. The molecule has 0 unspecified atom stereocenters. The first-order valence-electron chi connectivity index (χ1n) is 6.67. The van der Waals surface area contributed by atoms with Crippen molar-refractivity contribution in [2.75, 3.05) is 0 Å². The van der Waals surface area contributed by atoms with Gasteiger partial charge in [0.2, 0.25) is 11.4 Å². The zero-order chi connectivity index (χ0) is 13.9. The minimum atomic E-state index is -0.0751. The molecule has 0 bridgehead atoms. The number of aromatic amines is 2. The zero-order valence-corrected chi connectivity index (χ0v) is 11.2. The minimum absolute atomic E-state index is 0.0751. The minimum Gasteiger partial charge on any atom is -0.322 e. The Balaban J connectivity index is 2.13. The molecule has 0 atom stereocenters. The van der Waals surface area contributed by atoms with Gasteiger partial charge in [-0.15, -0.1) is 10.2 Å². The van der Waals surface area contributed by atoms with Crippen molar-refractivity contribution < 1.29 is 0 Å². The van der Waals surface area contributed by atoms with Crippen LogP contribution in [0.5, 0.6) is 0 Å². The molecule has 20 heavy (non-hydrogen) atoms. The third-order valence-electron chi connectivity index (χ3n) is 3.33. The summed E-state index contributed by atoms with van der Waals surface area (Å²) in [6.45, 7) is 2.14. The van der Waals surface area contributed by atoms with Crippen LogP contribution in [0.2, 0.25) is 0 Å². The SMILES string of the molecule is CCCCc1cc(=O)[nH]c2cc(-c3nn[nH]n3)ccc12. The fourth-order valence-electron chi connectivity index (χ4n) is 2.33. The van der Waals surface area contributed by atoms with Gasteiger partial charge in [0.25, 0.3) is 0 Å². The van der Waals surface area contributed by atoms with E-state index >= 15 is 0 Å². The van der Waals surface area contributed by atoms with Gasteiger partial charge < -0.3 is 4.98 Å². The van der Waals surface area contributed by atoms with Gasteiger partial charge in [-0.2, -0.15) is 5.21 Å². The number of fused-ring (bicyclic) bond motifs is 1. The first-order chi connectivity index (χ1) is 9.78. The first kappa shape index (κ1) is 12.5. The number of aryl methyl sites for hydroxylation is 1. The molecule has 1 aromatic carbocycles. The van der Waals surface area contributed by atoms with E-state index in [0.717, 1.165) is 41.3 Å². The second-order valence-electron chi connectivity index (χ2n) is 4.76. The number of tetrazole rings is 1. The fraction of sp³-hybridized carbons (Fsp3) is 0.286. The number of benzene rings is 1. The Kier molecular flexibility index (Phi) is 3.28. The number of pyridine rings is 1. The predicted molar refractivity (Wildman–Crippen MR) is 76.4 cm³/mol. The van der Waals surface area contributed by atoms with E-state index in [1.54, 1.807) is 6.07 Å². The lowest BCUT2D eigenvalue weighted by Crippen LogP contribution is -2.06. The molecule has 3 aromatic rings. The zero-order valence-electron chi connectivity index (χ0n) is 11.2. The monoisotopic (exact) mass is 269 g/mol. The van der Waals surface area contributed by atoms with Gasteiger partial charge in [-0.25, -0.2) is 0 Å². The number of aromatic nitrogens is 5. The average Bonchev–Trinajstić information content (AvgIpc) is 2.98. The summed E-state index contributed by atoms with van der Waals surface area (Å²) in [5.41, 5.74) is 2.65. The molecule has 0 aliphatic rings. The molecule has 0 fully saturated rings. The van der Waals surface area contributed by atoms with Crippen molar-refractivity contribution in [2.45, 2.75) is 26.2 Å². The number of nitrogens with zero attached hydrogens (tertiary/aromatic N) is 3. The van der Waals surface area contributed by atoms with Crippen molar-refractivity contribution in [1.82, 2.24) is 25.6 Å². The number of unbranched alkanes of at least 4 members (excludes halogenated alkanes) is 1. The third-order valence-corrected chi connectivity index (χ3v) is 3.33. The molecule has 3 rings (SSSR count). The second kappa shape index (κ2) is 5.24. The van der Waals surface area contributed by atoms with Crippen LogP contribution in [-0.4, -0.2) is 25.6 Å². The molecule has 0 saturated carbocycles. The summed E-state index contributed by atoms with van der Waals surface area (Å²) >= 11 is 0. The highest BCUT2D eigenvalue weighted by Crippen LogP contribution is 2.22. The van der Waals surface area contributed by atoms with E-state index in [2.05, 4.69) is 32.5 Å². The van der Waals surface area contributed by atoms with Gasteiger partial charge >= 0.3 is 0 Å². The Morgan fingerprint density at radius 1 is 1.25 bits per heavy atom. The quantitative estimate of drug-likeness (QED) is 0.758. The third kappa shape index (κ3) is 2.32. The molecule has 0 amide bonds. The van der Waals surface area contributed by atoms with Gasteiger partial charge in [-0.05, 0) is 29.7 Å². The average molecular weight is 269 g/mol. The standard InChI is InChI=1S/C14H15N5O/c1-2-3-4-9-8-13(20)15-12-7-10(5-6-11(9)12)14-16-18-19-17-14/h5-8H,2-4H2,1H3,(H,15,20)(H,16,17,18,19). The maximum absolute atomic E-state index is 11.8.